The molecule has 0 N–H and O–H groups in total. The predicted octanol–water partition coefficient (Wildman–Crippen LogP) is 0.658. The van der Waals surface area contributed by atoms with Crippen LogP contribution in [0.1, 0.15) is 21.6 Å². The minimum Gasteiger partial charge on any atom is -0.294 e. The van der Waals surface area contributed by atoms with Crippen LogP contribution in [0.5, 0.6) is 0 Å². The number of aromatic nitrogens is 3. The lowest BCUT2D eigenvalue weighted by Crippen LogP contribution is -2.23. The molecule has 0 saturated carbocycles. The smallest absolute Gasteiger partial charge is 0.256 e. The van der Waals surface area contributed by atoms with Crippen LogP contribution in [-0.2, 0) is 0 Å². The zero-order valence-electron chi connectivity index (χ0n) is 7.10. The van der Waals surface area contributed by atoms with Gasteiger partial charge in [-0.1, -0.05) is 11.3 Å². The number of hydrogen-bond acceptors (Lipinski definition) is 4. The second kappa shape index (κ2) is 2.25. The van der Waals surface area contributed by atoms with Crippen LogP contribution in [0, 0.1) is 0 Å². The molecule has 5 nitrogen and oxygen atoms in total. The SMILES string of the molecule is O=C1CC(=O)n2nnc3cccc1c32. The van der Waals surface area contributed by atoms with Crippen LogP contribution in [0.2, 0.25) is 0 Å². The Hall–Kier alpha value is -2.04. The van der Waals surface area contributed by atoms with Crippen molar-refractivity contribution in [1.82, 2.24) is 15.0 Å². The third-order valence-corrected chi connectivity index (χ3v) is 2.32. The highest BCUT2D eigenvalue weighted by Crippen LogP contribution is 2.22. The van der Waals surface area contributed by atoms with Crippen LogP contribution in [0.15, 0.2) is 18.2 Å². The van der Waals surface area contributed by atoms with Gasteiger partial charge in [-0.05, 0) is 12.1 Å². The Balaban J connectivity index is 2.55. The van der Waals surface area contributed by atoms with E-state index >= 15 is 0 Å². The number of Topliss-reactive ketones (excluding diaryl/α,β-unsaturated/α-hetero) is 1. The van der Waals surface area contributed by atoms with Gasteiger partial charge in [0.1, 0.15) is 11.0 Å². The maximum atomic E-state index is 11.5. The maximum Gasteiger partial charge on any atom is 0.256 e. The van der Waals surface area contributed by atoms with Crippen molar-refractivity contribution in [2.45, 2.75) is 6.42 Å². The standard InChI is InChI=1S/C9H5N3O2/c13-7-4-8(14)12-9-5(7)2-1-3-6(9)10-11-12/h1-3H,4H2. The summed E-state index contributed by atoms with van der Waals surface area (Å²) in [5.41, 5.74) is 1.66. The highest BCUT2D eigenvalue weighted by Gasteiger charge is 2.26. The molecule has 3 rings (SSSR count). The van der Waals surface area contributed by atoms with Crippen molar-refractivity contribution < 1.29 is 9.59 Å². The molecule has 0 aliphatic carbocycles. The molecule has 14 heavy (non-hydrogen) atoms. The fourth-order valence-corrected chi connectivity index (χ4v) is 1.68. The molecule has 0 saturated heterocycles. The number of nitrogens with zero attached hydrogens (tertiary/aromatic N) is 3. The summed E-state index contributed by atoms with van der Waals surface area (Å²) < 4.78 is 1.20. The van der Waals surface area contributed by atoms with Gasteiger partial charge in [-0.3, -0.25) is 9.59 Å². The zero-order chi connectivity index (χ0) is 9.71. The summed E-state index contributed by atoms with van der Waals surface area (Å²) in [7, 11) is 0. The summed E-state index contributed by atoms with van der Waals surface area (Å²) in [4.78, 5) is 22.9. The first-order valence-electron chi connectivity index (χ1n) is 4.18. The van der Waals surface area contributed by atoms with Crippen molar-refractivity contribution in [3.8, 4) is 0 Å². The topological polar surface area (TPSA) is 64.8 Å². The third-order valence-electron chi connectivity index (χ3n) is 2.32. The minimum absolute atomic E-state index is 0.116. The Morgan fingerprint density at radius 3 is 3.00 bits per heavy atom. The monoisotopic (exact) mass is 187 g/mol. The summed E-state index contributed by atoms with van der Waals surface area (Å²) >= 11 is 0. The lowest BCUT2D eigenvalue weighted by molar-refractivity contribution is 0.0823. The molecule has 0 spiro atoms. The predicted molar refractivity (Wildman–Crippen MR) is 47.1 cm³/mol. The maximum absolute atomic E-state index is 11.5. The molecule has 5 heteroatoms. The van der Waals surface area contributed by atoms with Gasteiger partial charge in [0.25, 0.3) is 5.91 Å². The van der Waals surface area contributed by atoms with Crippen LogP contribution < -0.4 is 0 Å². The van der Waals surface area contributed by atoms with Gasteiger partial charge in [0.05, 0.1) is 6.42 Å². The second-order valence-electron chi connectivity index (χ2n) is 3.17. The molecule has 0 atom stereocenters. The highest BCUT2D eigenvalue weighted by molar-refractivity contribution is 6.18. The summed E-state index contributed by atoms with van der Waals surface area (Å²) in [6.07, 6.45) is -0.116. The quantitative estimate of drug-likeness (QED) is 0.568. The van der Waals surface area contributed by atoms with E-state index in [1.54, 1.807) is 18.2 Å². The molecule has 1 aromatic heterocycles. The summed E-state index contributed by atoms with van der Waals surface area (Å²) in [6, 6.07) is 5.16. The number of carbonyl (C=O) groups excluding carboxylic acids is 2. The molecular formula is C9H5N3O2. The number of rotatable bonds is 0. The van der Waals surface area contributed by atoms with E-state index in [0.717, 1.165) is 0 Å². The van der Waals surface area contributed by atoms with Crippen LogP contribution in [0.3, 0.4) is 0 Å². The molecule has 1 aromatic carbocycles. The van der Waals surface area contributed by atoms with E-state index in [0.29, 0.717) is 16.6 Å². The summed E-state index contributed by atoms with van der Waals surface area (Å²) in [5, 5.41) is 7.52. The first-order chi connectivity index (χ1) is 6.77. The van der Waals surface area contributed by atoms with Crippen molar-refractivity contribution in [3.05, 3.63) is 23.8 Å². The van der Waals surface area contributed by atoms with E-state index in [4.69, 9.17) is 0 Å². The van der Waals surface area contributed by atoms with E-state index < -0.39 is 0 Å². The van der Waals surface area contributed by atoms with Crippen molar-refractivity contribution in [2.24, 2.45) is 0 Å². The molecule has 2 aromatic rings. The fourth-order valence-electron chi connectivity index (χ4n) is 1.68. The Morgan fingerprint density at radius 2 is 2.14 bits per heavy atom. The normalized spacial score (nSPS) is 15.1. The van der Waals surface area contributed by atoms with Gasteiger partial charge in [0, 0.05) is 5.56 Å². The molecule has 0 bridgehead atoms. The molecule has 68 valence electrons. The third kappa shape index (κ3) is 0.736. The van der Waals surface area contributed by atoms with Gasteiger partial charge < -0.3 is 0 Å². The largest absolute Gasteiger partial charge is 0.294 e. The molecule has 0 fully saturated rings. The average Bonchev–Trinajstić information content (AvgIpc) is 2.59. The van der Waals surface area contributed by atoms with Crippen LogP contribution >= 0.6 is 0 Å². The fraction of sp³-hybridized carbons (Fsp3) is 0.111. The van der Waals surface area contributed by atoms with Gasteiger partial charge in [0.15, 0.2) is 5.78 Å². The molecule has 1 aliphatic rings. The Morgan fingerprint density at radius 1 is 1.29 bits per heavy atom. The molecule has 0 unspecified atom stereocenters. The number of para-hydroxylation sites is 1. The van der Waals surface area contributed by atoms with Gasteiger partial charge in [-0.25, -0.2) is 0 Å². The van der Waals surface area contributed by atoms with Gasteiger partial charge >= 0.3 is 0 Å². The van der Waals surface area contributed by atoms with E-state index in [9.17, 15) is 9.59 Å². The lowest BCUT2D eigenvalue weighted by Gasteiger charge is -2.09. The number of hydrogen-bond donors (Lipinski definition) is 0. The van der Waals surface area contributed by atoms with E-state index in [-0.39, 0.29) is 18.1 Å². The molecule has 2 heterocycles. The van der Waals surface area contributed by atoms with Crippen LogP contribution in [0.25, 0.3) is 11.0 Å². The number of carbonyl (C=O) groups is 2. The highest BCUT2D eigenvalue weighted by atomic mass is 16.2. The van der Waals surface area contributed by atoms with Crippen molar-refractivity contribution in [2.75, 3.05) is 0 Å². The Bertz CT molecular complexity index is 570. The zero-order valence-corrected chi connectivity index (χ0v) is 7.10. The van der Waals surface area contributed by atoms with Crippen LogP contribution in [0.4, 0.5) is 0 Å². The van der Waals surface area contributed by atoms with Crippen molar-refractivity contribution >= 4 is 22.7 Å². The lowest BCUT2D eigenvalue weighted by atomic mass is 10.0. The first-order valence-corrected chi connectivity index (χ1v) is 4.18. The number of benzene rings is 1. The number of ketones is 1. The summed E-state index contributed by atoms with van der Waals surface area (Å²) in [6.45, 7) is 0. The average molecular weight is 187 g/mol. The second-order valence-corrected chi connectivity index (χ2v) is 3.17. The Labute approximate surface area is 78.3 Å². The minimum atomic E-state index is -0.309. The van der Waals surface area contributed by atoms with E-state index in [1.165, 1.54) is 4.68 Å². The van der Waals surface area contributed by atoms with Gasteiger partial charge in [-0.2, -0.15) is 4.68 Å². The van der Waals surface area contributed by atoms with Gasteiger partial charge in [-0.15, -0.1) is 5.10 Å². The first kappa shape index (κ1) is 7.37. The molecular weight excluding hydrogens is 182 g/mol. The van der Waals surface area contributed by atoms with Crippen molar-refractivity contribution in [1.29, 1.82) is 0 Å². The molecule has 0 amide bonds. The van der Waals surface area contributed by atoms with Crippen LogP contribution in [-0.4, -0.2) is 26.7 Å². The van der Waals surface area contributed by atoms with E-state index in [1.807, 2.05) is 0 Å². The molecule has 0 radical (unpaired) electrons. The van der Waals surface area contributed by atoms with E-state index in [2.05, 4.69) is 10.3 Å². The summed E-state index contributed by atoms with van der Waals surface area (Å²) in [5.74, 6) is -0.466. The van der Waals surface area contributed by atoms with Crippen molar-refractivity contribution in [3.63, 3.8) is 0 Å². The Kier molecular flexibility index (Phi) is 1.19. The van der Waals surface area contributed by atoms with Gasteiger partial charge in [0.2, 0.25) is 0 Å². The molecule has 1 aliphatic heterocycles.